The summed E-state index contributed by atoms with van der Waals surface area (Å²) in [7, 11) is 0. The summed E-state index contributed by atoms with van der Waals surface area (Å²) in [4.78, 5) is 2.81. The molecule has 0 aliphatic carbocycles. The molecular formula is C17H36N2. The second-order valence-corrected chi connectivity index (χ2v) is 7.10. The number of hydrogen-bond acceptors (Lipinski definition) is 2. The van der Waals surface area contributed by atoms with Gasteiger partial charge in [-0.2, -0.15) is 0 Å². The van der Waals surface area contributed by atoms with Gasteiger partial charge in [-0.15, -0.1) is 0 Å². The Morgan fingerprint density at radius 3 is 2.16 bits per heavy atom. The van der Waals surface area contributed by atoms with E-state index < -0.39 is 0 Å². The molecule has 2 nitrogen and oxygen atoms in total. The molecule has 0 spiro atoms. The summed E-state index contributed by atoms with van der Waals surface area (Å²) >= 11 is 0. The van der Waals surface area contributed by atoms with E-state index in [0.29, 0.717) is 17.6 Å². The lowest BCUT2D eigenvalue weighted by Gasteiger charge is -2.51. The van der Waals surface area contributed by atoms with E-state index in [-0.39, 0.29) is 0 Å². The average Bonchev–Trinajstić information content (AvgIpc) is 2.39. The molecule has 1 fully saturated rings. The molecule has 1 saturated heterocycles. The molecule has 1 aliphatic rings. The Hall–Kier alpha value is -0.0800. The predicted octanol–water partition coefficient (Wildman–Crippen LogP) is 3.91. The van der Waals surface area contributed by atoms with Gasteiger partial charge in [-0.1, -0.05) is 47.5 Å². The zero-order valence-corrected chi connectivity index (χ0v) is 14.3. The van der Waals surface area contributed by atoms with Gasteiger partial charge in [0.2, 0.25) is 0 Å². The molecule has 0 aromatic carbocycles. The van der Waals surface area contributed by atoms with Crippen LogP contribution in [0.2, 0.25) is 0 Å². The first-order valence-corrected chi connectivity index (χ1v) is 8.39. The number of rotatable bonds is 6. The number of nitrogens with one attached hydrogen (secondary N) is 1. The smallest absolute Gasteiger partial charge is 0.0278 e. The van der Waals surface area contributed by atoms with Gasteiger partial charge in [0.1, 0.15) is 0 Å². The number of hydrogen-bond donors (Lipinski definition) is 1. The molecule has 0 aromatic rings. The third-order valence-corrected chi connectivity index (χ3v) is 5.50. The largest absolute Gasteiger partial charge is 0.309 e. The van der Waals surface area contributed by atoms with Gasteiger partial charge in [0.15, 0.2) is 0 Å². The first kappa shape index (κ1) is 17.0. The maximum atomic E-state index is 3.79. The van der Waals surface area contributed by atoms with Gasteiger partial charge in [-0.05, 0) is 32.1 Å². The molecule has 3 atom stereocenters. The lowest BCUT2D eigenvalue weighted by atomic mass is 9.85. The van der Waals surface area contributed by atoms with E-state index in [1.807, 2.05) is 0 Å². The third-order valence-electron chi connectivity index (χ3n) is 5.50. The fourth-order valence-corrected chi connectivity index (χ4v) is 3.59. The van der Waals surface area contributed by atoms with Gasteiger partial charge in [0.05, 0.1) is 0 Å². The molecule has 0 aromatic heterocycles. The number of nitrogens with zero attached hydrogens (tertiary/aromatic N) is 1. The zero-order chi connectivity index (χ0) is 14.6. The Morgan fingerprint density at radius 1 is 1.16 bits per heavy atom. The highest BCUT2D eigenvalue weighted by molar-refractivity contribution is 4.97. The van der Waals surface area contributed by atoms with Crippen molar-refractivity contribution < 1.29 is 0 Å². The van der Waals surface area contributed by atoms with E-state index in [1.54, 1.807) is 0 Å². The highest BCUT2D eigenvalue weighted by Crippen LogP contribution is 2.29. The summed E-state index contributed by atoms with van der Waals surface area (Å²) in [6.07, 6.45) is 3.81. The topological polar surface area (TPSA) is 15.3 Å². The van der Waals surface area contributed by atoms with Crippen LogP contribution in [0, 0.1) is 11.8 Å². The lowest BCUT2D eigenvalue weighted by molar-refractivity contribution is 0.00844. The van der Waals surface area contributed by atoms with Crippen molar-refractivity contribution in [3.05, 3.63) is 0 Å². The maximum absolute atomic E-state index is 3.79. The van der Waals surface area contributed by atoms with Crippen LogP contribution in [0.1, 0.15) is 67.7 Å². The minimum Gasteiger partial charge on any atom is -0.309 e. The SMILES string of the molecule is CCC(CC)C(C)N1CC(C)(CC)NCC1C(C)C. The van der Waals surface area contributed by atoms with Crippen molar-refractivity contribution in [3.63, 3.8) is 0 Å². The monoisotopic (exact) mass is 268 g/mol. The van der Waals surface area contributed by atoms with E-state index in [9.17, 15) is 0 Å². The summed E-state index contributed by atoms with van der Waals surface area (Å²) in [5.74, 6) is 1.56. The molecule has 1 N–H and O–H groups in total. The van der Waals surface area contributed by atoms with Crippen molar-refractivity contribution in [1.29, 1.82) is 0 Å². The van der Waals surface area contributed by atoms with Crippen molar-refractivity contribution in [2.45, 2.75) is 85.4 Å². The van der Waals surface area contributed by atoms with Crippen LogP contribution in [0.4, 0.5) is 0 Å². The van der Waals surface area contributed by atoms with E-state index in [4.69, 9.17) is 0 Å². The maximum Gasteiger partial charge on any atom is 0.0278 e. The van der Waals surface area contributed by atoms with Gasteiger partial charge in [-0.25, -0.2) is 0 Å². The van der Waals surface area contributed by atoms with E-state index in [2.05, 4.69) is 58.7 Å². The fourth-order valence-electron chi connectivity index (χ4n) is 3.59. The summed E-state index contributed by atoms with van der Waals surface area (Å²) in [6, 6.07) is 1.39. The molecule has 0 bridgehead atoms. The highest BCUT2D eigenvalue weighted by Gasteiger charge is 2.39. The van der Waals surface area contributed by atoms with E-state index in [1.165, 1.54) is 25.8 Å². The van der Waals surface area contributed by atoms with Crippen molar-refractivity contribution >= 4 is 0 Å². The van der Waals surface area contributed by atoms with Gasteiger partial charge in [0, 0.05) is 30.7 Å². The third kappa shape index (κ3) is 3.95. The minimum absolute atomic E-state index is 0.297. The standard InChI is InChI=1S/C17H36N2/c1-8-15(9-2)14(6)19-12-17(7,10-3)18-11-16(19)13(4)5/h13-16,18H,8-12H2,1-7H3. The van der Waals surface area contributed by atoms with Crippen LogP contribution in [-0.4, -0.2) is 35.6 Å². The quantitative estimate of drug-likeness (QED) is 0.786. The van der Waals surface area contributed by atoms with Crippen LogP contribution >= 0.6 is 0 Å². The zero-order valence-electron chi connectivity index (χ0n) is 14.3. The second kappa shape index (κ2) is 7.08. The molecular weight excluding hydrogens is 232 g/mol. The average molecular weight is 268 g/mol. The molecule has 2 heteroatoms. The number of piperazine rings is 1. The van der Waals surface area contributed by atoms with Gasteiger partial charge in [-0.3, -0.25) is 4.90 Å². The Bertz CT molecular complexity index is 260. The molecule has 1 heterocycles. The van der Waals surface area contributed by atoms with Crippen molar-refractivity contribution in [1.82, 2.24) is 10.2 Å². The van der Waals surface area contributed by atoms with Crippen LogP contribution in [0.3, 0.4) is 0 Å². The Balaban J connectivity index is 2.88. The van der Waals surface area contributed by atoms with E-state index in [0.717, 1.165) is 18.4 Å². The lowest BCUT2D eigenvalue weighted by Crippen LogP contribution is -2.66. The second-order valence-electron chi connectivity index (χ2n) is 7.10. The minimum atomic E-state index is 0.297. The summed E-state index contributed by atoms with van der Waals surface area (Å²) in [6.45, 7) is 18.9. The fraction of sp³-hybridized carbons (Fsp3) is 1.00. The molecule has 0 saturated carbocycles. The Morgan fingerprint density at radius 2 is 1.74 bits per heavy atom. The van der Waals surface area contributed by atoms with Gasteiger partial charge >= 0.3 is 0 Å². The van der Waals surface area contributed by atoms with Crippen LogP contribution in [0.25, 0.3) is 0 Å². The van der Waals surface area contributed by atoms with Crippen molar-refractivity contribution in [2.24, 2.45) is 11.8 Å². The van der Waals surface area contributed by atoms with Crippen LogP contribution in [-0.2, 0) is 0 Å². The molecule has 3 unspecified atom stereocenters. The summed E-state index contributed by atoms with van der Waals surface area (Å²) in [5.41, 5.74) is 0.297. The Kier molecular flexibility index (Phi) is 6.32. The van der Waals surface area contributed by atoms with Crippen LogP contribution < -0.4 is 5.32 Å². The molecule has 0 amide bonds. The van der Waals surface area contributed by atoms with E-state index >= 15 is 0 Å². The molecule has 0 radical (unpaired) electrons. The highest BCUT2D eigenvalue weighted by atomic mass is 15.3. The molecule has 1 rings (SSSR count). The summed E-state index contributed by atoms with van der Waals surface area (Å²) in [5, 5.41) is 3.79. The molecule has 114 valence electrons. The van der Waals surface area contributed by atoms with Crippen molar-refractivity contribution in [3.8, 4) is 0 Å². The normalized spacial score (nSPS) is 31.1. The predicted molar refractivity (Wildman–Crippen MR) is 85.6 cm³/mol. The molecule has 1 aliphatic heterocycles. The first-order chi connectivity index (χ1) is 8.88. The van der Waals surface area contributed by atoms with Crippen LogP contribution in [0.15, 0.2) is 0 Å². The van der Waals surface area contributed by atoms with Gasteiger partial charge < -0.3 is 5.32 Å². The van der Waals surface area contributed by atoms with Crippen LogP contribution in [0.5, 0.6) is 0 Å². The first-order valence-electron chi connectivity index (χ1n) is 8.39. The Labute approximate surface area is 121 Å². The molecule has 19 heavy (non-hydrogen) atoms. The van der Waals surface area contributed by atoms with Gasteiger partial charge in [0.25, 0.3) is 0 Å². The summed E-state index contributed by atoms with van der Waals surface area (Å²) < 4.78 is 0. The van der Waals surface area contributed by atoms with Crippen molar-refractivity contribution in [2.75, 3.05) is 13.1 Å².